The number of pyridine rings is 1. The summed E-state index contributed by atoms with van der Waals surface area (Å²) in [7, 11) is 3.07. The number of aromatic nitrogens is 1. The number of alkyl carbamates (subject to hydrolysis) is 1. The van der Waals surface area contributed by atoms with E-state index in [0.29, 0.717) is 49.9 Å². The third kappa shape index (κ3) is 9.94. The van der Waals surface area contributed by atoms with E-state index in [0.717, 1.165) is 49.2 Å². The summed E-state index contributed by atoms with van der Waals surface area (Å²) in [5.74, 6) is 0.832. The van der Waals surface area contributed by atoms with E-state index in [1.54, 1.807) is 42.3 Å². The summed E-state index contributed by atoms with van der Waals surface area (Å²) < 4.78 is 29.3. The van der Waals surface area contributed by atoms with Crippen molar-refractivity contribution in [3.63, 3.8) is 0 Å². The molecule has 0 radical (unpaired) electrons. The van der Waals surface area contributed by atoms with Gasteiger partial charge in [0.25, 0.3) is 5.91 Å². The van der Waals surface area contributed by atoms with E-state index >= 15 is 0 Å². The minimum absolute atomic E-state index is 0.108. The van der Waals surface area contributed by atoms with Crippen molar-refractivity contribution >= 4 is 41.2 Å². The van der Waals surface area contributed by atoms with Gasteiger partial charge in [0.05, 0.1) is 36.2 Å². The summed E-state index contributed by atoms with van der Waals surface area (Å²) in [5.41, 5.74) is 4.28. The molecule has 4 aromatic carbocycles. The van der Waals surface area contributed by atoms with Gasteiger partial charge in [-0.15, -0.1) is 0 Å². The molecular formula is C48H48Cl2N4O8. The molecule has 62 heavy (non-hydrogen) atoms. The Balaban J connectivity index is 0.886. The summed E-state index contributed by atoms with van der Waals surface area (Å²) in [4.78, 5) is 48.6. The summed E-state index contributed by atoms with van der Waals surface area (Å²) in [6.07, 6.45) is 3.97. The first-order chi connectivity index (χ1) is 30.1. The second-order valence-electron chi connectivity index (χ2n) is 15.9. The fourth-order valence-electron chi connectivity index (χ4n) is 8.39. The smallest absolute Gasteiger partial charge is 0.408 e. The summed E-state index contributed by atoms with van der Waals surface area (Å²) in [6, 6.07) is 29.5. The number of hydrogen-bond donors (Lipinski definition) is 1. The van der Waals surface area contributed by atoms with Crippen LogP contribution in [0.5, 0.6) is 17.2 Å². The number of fused-ring (bicyclic) bond motifs is 3. The molecule has 5 heterocycles. The Morgan fingerprint density at radius 3 is 2.23 bits per heavy atom. The first-order valence-electron chi connectivity index (χ1n) is 20.7. The van der Waals surface area contributed by atoms with E-state index < -0.39 is 30.1 Å². The standard InChI is InChI=1S/C48H48Cl2N4O8/c1-58-41-15-14-33(22-43(41)59-2)42(23-38-39(49)24-51-25-40(38)50)61-47(56)36-26-54(27-36)46(55)35-12-6-8-30(20-35)29-60-37-13-7-11-34(21-37)45(32-9-4-3-5-10-32)52-48(57)62-44-28-53-18-16-31(44)17-19-53/h3-15,20-22,24-25,31,36,42,44-45H,16-19,23,26-29H2,1-2H3,(H,52,57)/t42-,44-,45-/m0/s1. The molecule has 12 nitrogen and oxygen atoms in total. The van der Waals surface area contributed by atoms with Crippen LogP contribution >= 0.6 is 23.2 Å². The zero-order valence-electron chi connectivity index (χ0n) is 34.5. The van der Waals surface area contributed by atoms with Crippen molar-refractivity contribution < 1.29 is 38.1 Å². The molecule has 1 N–H and O–H groups in total. The number of carbonyl (C=O) groups is 3. The normalized spacial score (nSPS) is 19.1. The highest BCUT2D eigenvalue weighted by Gasteiger charge is 2.39. The minimum atomic E-state index is -0.765. The molecule has 4 saturated heterocycles. The predicted octanol–water partition coefficient (Wildman–Crippen LogP) is 8.49. The SMILES string of the molecule is COc1ccc([C@H](Cc2c(Cl)cncc2Cl)OC(=O)C2CN(C(=O)c3cccc(COc4cccc([C@@H](NC(=O)O[C@H]5CN6CCC5CC6)c5ccccc5)c4)c3)C2)cc1OC. The number of piperidine rings is 3. The predicted molar refractivity (Wildman–Crippen MR) is 234 cm³/mol. The molecule has 0 spiro atoms. The van der Waals surface area contributed by atoms with E-state index in [1.807, 2.05) is 66.7 Å². The zero-order valence-corrected chi connectivity index (χ0v) is 36.0. The van der Waals surface area contributed by atoms with Crippen LogP contribution in [0.15, 0.2) is 109 Å². The highest BCUT2D eigenvalue weighted by atomic mass is 35.5. The number of esters is 1. The Morgan fingerprint density at radius 1 is 0.790 bits per heavy atom. The van der Waals surface area contributed by atoms with Gasteiger partial charge in [-0.1, -0.05) is 83.9 Å². The first-order valence-corrected chi connectivity index (χ1v) is 21.5. The molecule has 2 amide bonds. The third-order valence-electron chi connectivity index (χ3n) is 11.9. The van der Waals surface area contributed by atoms with Crippen LogP contribution in [0.4, 0.5) is 4.79 Å². The van der Waals surface area contributed by atoms with Gasteiger partial charge in [0, 0.05) is 44.0 Å². The summed E-state index contributed by atoms with van der Waals surface area (Å²) in [5, 5.41) is 3.82. The largest absolute Gasteiger partial charge is 0.493 e. The number of halogens is 2. The van der Waals surface area contributed by atoms with Gasteiger partial charge < -0.3 is 33.9 Å². The zero-order chi connectivity index (χ0) is 43.2. The van der Waals surface area contributed by atoms with Crippen molar-refractivity contribution in [3.05, 3.63) is 153 Å². The van der Waals surface area contributed by atoms with Crippen LogP contribution in [0.3, 0.4) is 0 Å². The Kier molecular flexibility index (Phi) is 13.5. The quantitative estimate of drug-likeness (QED) is 0.102. The molecule has 5 aromatic rings. The Hall–Kier alpha value is -5.82. The average molecular weight is 880 g/mol. The van der Waals surface area contributed by atoms with Gasteiger partial charge in [0.15, 0.2) is 11.5 Å². The van der Waals surface area contributed by atoms with Crippen molar-refractivity contribution in [2.45, 2.75) is 44.1 Å². The van der Waals surface area contributed by atoms with Crippen molar-refractivity contribution in [2.24, 2.45) is 11.8 Å². The number of nitrogens with zero attached hydrogens (tertiary/aromatic N) is 3. The highest BCUT2D eigenvalue weighted by molar-refractivity contribution is 6.35. The number of rotatable bonds is 15. The number of methoxy groups -OCH3 is 2. The van der Waals surface area contributed by atoms with Crippen LogP contribution in [0, 0.1) is 11.8 Å². The fourth-order valence-corrected chi connectivity index (χ4v) is 8.91. The lowest BCUT2D eigenvalue weighted by Gasteiger charge is -2.43. The Bertz CT molecular complexity index is 2370. The molecule has 0 aliphatic carbocycles. The van der Waals surface area contributed by atoms with Gasteiger partial charge in [0.1, 0.15) is 24.6 Å². The number of hydrogen-bond acceptors (Lipinski definition) is 10. The van der Waals surface area contributed by atoms with Crippen LogP contribution in [-0.4, -0.2) is 85.8 Å². The number of benzene rings is 4. The van der Waals surface area contributed by atoms with Gasteiger partial charge in [0.2, 0.25) is 0 Å². The molecule has 322 valence electrons. The molecule has 9 rings (SSSR count). The summed E-state index contributed by atoms with van der Waals surface area (Å²) >= 11 is 12.9. The molecule has 4 aliphatic rings. The average Bonchev–Trinajstić information content (AvgIpc) is 3.28. The van der Waals surface area contributed by atoms with Gasteiger partial charge in [-0.05, 0) is 96.1 Å². The van der Waals surface area contributed by atoms with Crippen LogP contribution in [0.1, 0.15) is 63.2 Å². The summed E-state index contributed by atoms with van der Waals surface area (Å²) in [6.45, 7) is 3.51. The number of amides is 2. The molecule has 0 saturated carbocycles. The van der Waals surface area contributed by atoms with E-state index in [-0.39, 0.29) is 38.1 Å². The van der Waals surface area contributed by atoms with Crippen molar-refractivity contribution in [2.75, 3.05) is 46.9 Å². The molecule has 4 aliphatic heterocycles. The maximum absolute atomic E-state index is 13.6. The topological polar surface area (TPSA) is 129 Å². The number of carbonyl (C=O) groups excluding carboxylic acids is 3. The lowest BCUT2D eigenvalue weighted by atomic mass is 9.86. The van der Waals surface area contributed by atoms with Gasteiger partial charge in [-0.25, -0.2) is 4.79 Å². The molecular weight excluding hydrogens is 831 g/mol. The van der Waals surface area contributed by atoms with Crippen LogP contribution in [0.2, 0.25) is 10.0 Å². The van der Waals surface area contributed by atoms with Gasteiger partial charge in [-0.2, -0.15) is 0 Å². The van der Waals surface area contributed by atoms with Gasteiger partial charge >= 0.3 is 12.1 Å². The van der Waals surface area contributed by atoms with E-state index in [9.17, 15) is 14.4 Å². The Labute approximate surface area is 371 Å². The third-order valence-corrected chi connectivity index (χ3v) is 12.6. The molecule has 4 fully saturated rings. The molecule has 1 aromatic heterocycles. The highest BCUT2D eigenvalue weighted by Crippen LogP contribution is 2.37. The van der Waals surface area contributed by atoms with E-state index in [4.69, 9.17) is 46.9 Å². The lowest BCUT2D eigenvalue weighted by Crippen LogP contribution is -2.53. The maximum Gasteiger partial charge on any atom is 0.408 e. The Morgan fingerprint density at radius 2 is 1.52 bits per heavy atom. The number of ether oxygens (including phenoxy) is 5. The minimum Gasteiger partial charge on any atom is -0.493 e. The van der Waals surface area contributed by atoms with Crippen molar-refractivity contribution in [1.82, 2.24) is 20.1 Å². The number of likely N-dealkylation sites (tertiary alicyclic amines) is 1. The van der Waals surface area contributed by atoms with Crippen LogP contribution in [0.25, 0.3) is 0 Å². The van der Waals surface area contributed by atoms with E-state index in [1.165, 1.54) is 19.5 Å². The van der Waals surface area contributed by atoms with Gasteiger partial charge in [-0.3, -0.25) is 19.5 Å². The fraction of sp³-hybridized carbons (Fsp3) is 0.333. The van der Waals surface area contributed by atoms with Crippen molar-refractivity contribution in [1.29, 1.82) is 0 Å². The van der Waals surface area contributed by atoms with E-state index in [2.05, 4.69) is 15.2 Å². The second-order valence-corrected chi connectivity index (χ2v) is 16.7. The monoisotopic (exact) mass is 878 g/mol. The first kappa shape index (κ1) is 42.9. The second kappa shape index (κ2) is 19.5. The molecule has 0 unspecified atom stereocenters. The number of nitrogens with one attached hydrogen (secondary N) is 1. The molecule has 2 bridgehead atoms. The molecule has 3 atom stereocenters. The van der Waals surface area contributed by atoms with Crippen molar-refractivity contribution in [3.8, 4) is 17.2 Å². The lowest BCUT2D eigenvalue weighted by molar-refractivity contribution is -0.159. The maximum atomic E-state index is 13.6. The van der Waals surface area contributed by atoms with Crippen LogP contribution in [-0.2, 0) is 27.3 Å². The van der Waals surface area contributed by atoms with Crippen LogP contribution < -0.4 is 19.5 Å². The molecule has 14 heteroatoms.